The molecule has 2 aromatic rings. The average molecular weight is 247 g/mol. The zero-order chi connectivity index (χ0) is 12.8. The Kier molecular flexibility index (Phi) is 4.65. The second kappa shape index (κ2) is 6.45. The first-order valence-electron chi connectivity index (χ1n) is 6.67. The summed E-state index contributed by atoms with van der Waals surface area (Å²) >= 11 is 0. The molecule has 3 heteroatoms. The summed E-state index contributed by atoms with van der Waals surface area (Å²) in [6.07, 6.45) is 6.40. The lowest BCUT2D eigenvalue weighted by Crippen LogP contribution is -2.24. The summed E-state index contributed by atoms with van der Waals surface area (Å²) in [5.41, 5.74) is 1.25. The largest absolute Gasteiger partial charge is 0.469 e. The molecule has 0 radical (unpaired) electrons. The van der Waals surface area contributed by atoms with E-state index in [1.807, 2.05) is 12.1 Å². The molecule has 0 bridgehead atoms. The first kappa shape index (κ1) is 13.0. The lowest BCUT2D eigenvalue weighted by atomic mass is 10.0. The van der Waals surface area contributed by atoms with Gasteiger partial charge in [-0.05, 0) is 31.2 Å². The molecule has 3 nitrogen and oxygen atoms in total. The van der Waals surface area contributed by atoms with Gasteiger partial charge in [0.15, 0.2) is 0 Å². The van der Waals surface area contributed by atoms with Crippen LogP contribution in [0.3, 0.4) is 0 Å². The van der Waals surface area contributed by atoms with Gasteiger partial charge >= 0.3 is 0 Å². The molecule has 0 saturated carbocycles. The van der Waals surface area contributed by atoms with Crippen LogP contribution in [0.1, 0.15) is 43.4 Å². The Morgan fingerprint density at radius 2 is 2.06 bits per heavy atom. The third kappa shape index (κ3) is 3.05. The van der Waals surface area contributed by atoms with Crippen LogP contribution in [0, 0.1) is 0 Å². The van der Waals surface area contributed by atoms with Gasteiger partial charge in [0, 0.05) is 24.4 Å². The van der Waals surface area contributed by atoms with Crippen molar-refractivity contribution in [2.75, 3.05) is 6.54 Å². The molecule has 2 heterocycles. The van der Waals surface area contributed by atoms with Gasteiger partial charge in [0.1, 0.15) is 11.5 Å². The Bertz CT molecular complexity index is 445. The number of nitrogens with one attached hydrogen (secondary N) is 1. The van der Waals surface area contributed by atoms with Crippen LogP contribution in [0.4, 0.5) is 0 Å². The van der Waals surface area contributed by atoms with Crippen LogP contribution in [0.25, 0.3) is 0 Å². The number of furan rings is 2. The van der Waals surface area contributed by atoms with Crippen molar-refractivity contribution >= 4 is 0 Å². The van der Waals surface area contributed by atoms with E-state index in [0.717, 1.165) is 37.3 Å². The number of aryl methyl sites for hydroxylation is 1. The molecule has 2 rings (SSSR count). The molecule has 1 atom stereocenters. The molecular weight excluding hydrogens is 226 g/mol. The summed E-state index contributed by atoms with van der Waals surface area (Å²) in [5, 5.41) is 3.56. The Morgan fingerprint density at radius 3 is 2.72 bits per heavy atom. The van der Waals surface area contributed by atoms with Crippen LogP contribution in [0.2, 0.25) is 0 Å². The van der Waals surface area contributed by atoms with Crippen LogP contribution in [-0.2, 0) is 12.8 Å². The maximum atomic E-state index is 5.52. The number of rotatable bonds is 7. The molecule has 1 N–H and O–H groups in total. The van der Waals surface area contributed by atoms with E-state index in [-0.39, 0.29) is 6.04 Å². The minimum Gasteiger partial charge on any atom is -0.469 e. The molecule has 18 heavy (non-hydrogen) atoms. The highest BCUT2D eigenvalue weighted by Gasteiger charge is 2.18. The van der Waals surface area contributed by atoms with E-state index in [1.165, 1.54) is 5.56 Å². The zero-order valence-corrected chi connectivity index (χ0v) is 11.1. The second-order valence-corrected chi connectivity index (χ2v) is 4.44. The molecule has 0 aromatic carbocycles. The van der Waals surface area contributed by atoms with Crippen LogP contribution < -0.4 is 5.32 Å². The van der Waals surface area contributed by atoms with Gasteiger partial charge in [-0.25, -0.2) is 0 Å². The SMILES string of the molecule is CCCNC(Cc1ccco1)c1ccoc1CC. The van der Waals surface area contributed by atoms with Gasteiger partial charge in [0.2, 0.25) is 0 Å². The molecule has 0 spiro atoms. The Labute approximate surface area is 108 Å². The van der Waals surface area contributed by atoms with E-state index in [0.29, 0.717) is 0 Å². The van der Waals surface area contributed by atoms with Gasteiger partial charge in [0.05, 0.1) is 12.5 Å². The fourth-order valence-corrected chi connectivity index (χ4v) is 2.19. The van der Waals surface area contributed by atoms with Gasteiger partial charge in [-0.2, -0.15) is 0 Å². The van der Waals surface area contributed by atoms with Crippen molar-refractivity contribution in [3.05, 3.63) is 47.8 Å². The van der Waals surface area contributed by atoms with Crippen molar-refractivity contribution in [2.45, 2.75) is 39.2 Å². The highest BCUT2D eigenvalue weighted by Crippen LogP contribution is 2.24. The summed E-state index contributed by atoms with van der Waals surface area (Å²) < 4.78 is 11.0. The molecule has 0 saturated heterocycles. The molecular formula is C15H21NO2. The van der Waals surface area contributed by atoms with Crippen LogP contribution >= 0.6 is 0 Å². The normalized spacial score (nSPS) is 12.8. The summed E-state index contributed by atoms with van der Waals surface area (Å²) in [5.74, 6) is 2.07. The van der Waals surface area contributed by atoms with Crippen LogP contribution in [-0.4, -0.2) is 6.54 Å². The monoisotopic (exact) mass is 247 g/mol. The Morgan fingerprint density at radius 1 is 1.17 bits per heavy atom. The van der Waals surface area contributed by atoms with Crippen LogP contribution in [0.5, 0.6) is 0 Å². The van der Waals surface area contributed by atoms with E-state index in [2.05, 4.69) is 25.2 Å². The highest BCUT2D eigenvalue weighted by molar-refractivity contribution is 5.23. The Balaban J connectivity index is 2.14. The number of hydrogen-bond acceptors (Lipinski definition) is 3. The predicted octanol–water partition coefficient (Wildman–Crippen LogP) is 3.72. The third-order valence-electron chi connectivity index (χ3n) is 3.10. The van der Waals surface area contributed by atoms with Crippen molar-refractivity contribution in [1.82, 2.24) is 5.32 Å². The highest BCUT2D eigenvalue weighted by atomic mass is 16.3. The molecule has 0 aliphatic rings. The second-order valence-electron chi connectivity index (χ2n) is 4.44. The lowest BCUT2D eigenvalue weighted by Gasteiger charge is -2.17. The van der Waals surface area contributed by atoms with Crippen molar-refractivity contribution in [3.8, 4) is 0 Å². The topological polar surface area (TPSA) is 38.3 Å². The summed E-state index contributed by atoms with van der Waals surface area (Å²) in [4.78, 5) is 0. The molecule has 2 aromatic heterocycles. The van der Waals surface area contributed by atoms with Crippen molar-refractivity contribution < 1.29 is 8.83 Å². The van der Waals surface area contributed by atoms with Crippen molar-refractivity contribution in [1.29, 1.82) is 0 Å². The predicted molar refractivity (Wildman–Crippen MR) is 71.5 cm³/mol. The van der Waals surface area contributed by atoms with E-state index in [4.69, 9.17) is 8.83 Å². The number of hydrogen-bond donors (Lipinski definition) is 1. The Hall–Kier alpha value is -1.48. The minimum absolute atomic E-state index is 0.268. The fourth-order valence-electron chi connectivity index (χ4n) is 2.19. The standard InChI is InChI=1S/C15H21NO2/c1-3-8-16-14(11-12-6-5-9-17-12)13-7-10-18-15(13)4-2/h5-7,9-10,14,16H,3-4,8,11H2,1-2H3. The average Bonchev–Trinajstić information content (AvgIpc) is 3.04. The summed E-state index contributed by atoms with van der Waals surface area (Å²) in [7, 11) is 0. The maximum Gasteiger partial charge on any atom is 0.108 e. The van der Waals surface area contributed by atoms with E-state index < -0.39 is 0 Å². The van der Waals surface area contributed by atoms with Crippen LogP contribution in [0.15, 0.2) is 39.6 Å². The summed E-state index contributed by atoms with van der Waals surface area (Å²) in [6.45, 7) is 5.29. The summed E-state index contributed by atoms with van der Waals surface area (Å²) in [6, 6.07) is 6.29. The lowest BCUT2D eigenvalue weighted by molar-refractivity contribution is 0.438. The molecule has 0 amide bonds. The van der Waals surface area contributed by atoms with Gasteiger partial charge in [0.25, 0.3) is 0 Å². The van der Waals surface area contributed by atoms with Gasteiger partial charge in [-0.15, -0.1) is 0 Å². The van der Waals surface area contributed by atoms with E-state index in [1.54, 1.807) is 12.5 Å². The smallest absolute Gasteiger partial charge is 0.108 e. The molecule has 0 aliphatic heterocycles. The van der Waals surface area contributed by atoms with E-state index in [9.17, 15) is 0 Å². The van der Waals surface area contributed by atoms with Gasteiger partial charge in [-0.1, -0.05) is 13.8 Å². The zero-order valence-electron chi connectivity index (χ0n) is 11.1. The van der Waals surface area contributed by atoms with Gasteiger partial charge in [-0.3, -0.25) is 0 Å². The molecule has 1 unspecified atom stereocenters. The van der Waals surface area contributed by atoms with Crippen molar-refractivity contribution in [2.24, 2.45) is 0 Å². The van der Waals surface area contributed by atoms with E-state index >= 15 is 0 Å². The molecule has 0 aliphatic carbocycles. The molecule has 98 valence electrons. The first-order valence-corrected chi connectivity index (χ1v) is 6.67. The minimum atomic E-state index is 0.268. The quantitative estimate of drug-likeness (QED) is 0.810. The molecule has 0 fully saturated rings. The third-order valence-corrected chi connectivity index (χ3v) is 3.10. The maximum absolute atomic E-state index is 5.52. The van der Waals surface area contributed by atoms with Gasteiger partial charge < -0.3 is 14.2 Å². The first-order chi connectivity index (χ1) is 8.85. The van der Waals surface area contributed by atoms with Crippen molar-refractivity contribution in [3.63, 3.8) is 0 Å². The fraction of sp³-hybridized carbons (Fsp3) is 0.467.